The molecule has 1 aromatic carbocycles. The van der Waals surface area contributed by atoms with Crippen LogP contribution in [-0.2, 0) is 11.2 Å². The third-order valence-electron chi connectivity index (χ3n) is 2.60. The van der Waals surface area contributed by atoms with Gasteiger partial charge < -0.3 is 15.8 Å². The van der Waals surface area contributed by atoms with Crippen molar-refractivity contribution in [2.24, 2.45) is 0 Å². The van der Waals surface area contributed by atoms with Gasteiger partial charge in [-0.3, -0.25) is 0 Å². The lowest BCUT2D eigenvalue weighted by Gasteiger charge is -2.12. The second kappa shape index (κ2) is 3.70. The van der Waals surface area contributed by atoms with Crippen molar-refractivity contribution in [1.82, 2.24) is 0 Å². The largest absolute Gasteiger partial charge is 0.399 e. The number of hydrogen-bond acceptors (Lipinski definition) is 3. The van der Waals surface area contributed by atoms with Crippen molar-refractivity contribution in [2.45, 2.75) is 25.3 Å². The molecule has 3 nitrogen and oxygen atoms in total. The minimum atomic E-state index is -0.0574. The van der Waals surface area contributed by atoms with Gasteiger partial charge in [0.1, 0.15) is 6.29 Å². The topological polar surface area (TPSA) is 55.1 Å². The van der Waals surface area contributed by atoms with Crippen molar-refractivity contribution in [3.63, 3.8) is 0 Å². The van der Waals surface area contributed by atoms with Crippen molar-refractivity contribution in [1.29, 1.82) is 0 Å². The number of fused-ring (bicyclic) bond motifs is 1. The standard InChI is InChI=1S/C11H14N2O/c12-9-5-4-8-2-1-3-10(7-14)13-11(8)6-9/h4-7,10,13H,1-3,12H2. The van der Waals surface area contributed by atoms with Gasteiger partial charge >= 0.3 is 0 Å². The molecule has 2 rings (SSSR count). The first-order valence-electron chi connectivity index (χ1n) is 4.90. The first-order valence-corrected chi connectivity index (χ1v) is 4.90. The number of nitrogens with one attached hydrogen (secondary N) is 1. The minimum Gasteiger partial charge on any atom is -0.399 e. The van der Waals surface area contributed by atoms with E-state index >= 15 is 0 Å². The Kier molecular flexibility index (Phi) is 2.39. The molecule has 74 valence electrons. The lowest BCUT2D eigenvalue weighted by atomic mass is 10.1. The predicted octanol–water partition coefficient (Wildman–Crippen LogP) is 1.58. The maximum absolute atomic E-state index is 10.7. The molecule has 0 saturated heterocycles. The fourth-order valence-electron chi connectivity index (χ4n) is 1.83. The Labute approximate surface area is 83.3 Å². The van der Waals surface area contributed by atoms with Crippen LogP contribution >= 0.6 is 0 Å². The minimum absolute atomic E-state index is 0.0574. The van der Waals surface area contributed by atoms with Crippen LogP contribution in [0.4, 0.5) is 11.4 Å². The van der Waals surface area contributed by atoms with Gasteiger partial charge in [0.05, 0.1) is 6.04 Å². The van der Waals surface area contributed by atoms with Gasteiger partial charge in [0.15, 0.2) is 0 Å². The maximum atomic E-state index is 10.7. The van der Waals surface area contributed by atoms with Crippen LogP contribution in [0.2, 0.25) is 0 Å². The summed E-state index contributed by atoms with van der Waals surface area (Å²) in [5, 5.41) is 3.20. The molecule has 3 N–H and O–H groups in total. The molecule has 0 amide bonds. The molecule has 1 unspecified atom stereocenters. The van der Waals surface area contributed by atoms with Crippen LogP contribution in [0.25, 0.3) is 0 Å². The van der Waals surface area contributed by atoms with Gasteiger partial charge in [-0.2, -0.15) is 0 Å². The number of carbonyl (C=O) groups excluding carboxylic acids is 1. The van der Waals surface area contributed by atoms with Crippen LogP contribution in [0.5, 0.6) is 0 Å². The smallest absolute Gasteiger partial charge is 0.142 e. The molecule has 0 radical (unpaired) electrons. The van der Waals surface area contributed by atoms with E-state index in [0.717, 1.165) is 36.9 Å². The fraction of sp³-hybridized carbons (Fsp3) is 0.364. The third-order valence-corrected chi connectivity index (χ3v) is 2.60. The number of benzene rings is 1. The van der Waals surface area contributed by atoms with Gasteiger partial charge in [0, 0.05) is 11.4 Å². The van der Waals surface area contributed by atoms with Gasteiger partial charge in [-0.1, -0.05) is 6.07 Å². The van der Waals surface area contributed by atoms with E-state index in [0.29, 0.717) is 0 Å². The van der Waals surface area contributed by atoms with Gasteiger partial charge in [0.25, 0.3) is 0 Å². The summed E-state index contributed by atoms with van der Waals surface area (Å²) < 4.78 is 0. The van der Waals surface area contributed by atoms with Crippen LogP contribution in [-0.4, -0.2) is 12.3 Å². The number of anilines is 2. The first-order chi connectivity index (χ1) is 6.79. The van der Waals surface area contributed by atoms with E-state index < -0.39 is 0 Å². The molecule has 1 heterocycles. The van der Waals surface area contributed by atoms with Gasteiger partial charge in [-0.15, -0.1) is 0 Å². The summed E-state index contributed by atoms with van der Waals surface area (Å²) >= 11 is 0. The Morgan fingerprint density at radius 3 is 3.14 bits per heavy atom. The van der Waals surface area contributed by atoms with E-state index in [-0.39, 0.29) is 6.04 Å². The highest BCUT2D eigenvalue weighted by Gasteiger charge is 2.14. The molecule has 14 heavy (non-hydrogen) atoms. The highest BCUT2D eigenvalue weighted by Crippen LogP contribution is 2.25. The van der Waals surface area contributed by atoms with E-state index in [4.69, 9.17) is 5.73 Å². The molecule has 0 spiro atoms. The van der Waals surface area contributed by atoms with E-state index in [9.17, 15) is 4.79 Å². The van der Waals surface area contributed by atoms with E-state index in [1.165, 1.54) is 5.56 Å². The van der Waals surface area contributed by atoms with Crippen molar-refractivity contribution < 1.29 is 4.79 Å². The number of aldehydes is 1. The number of hydrogen-bond donors (Lipinski definition) is 2. The number of nitrogen functional groups attached to an aromatic ring is 1. The molecule has 0 bridgehead atoms. The van der Waals surface area contributed by atoms with Crippen molar-refractivity contribution in [2.75, 3.05) is 11.1 Å². The summed E-state index contributed by atoms with van der Waals surface area (Å²) in [5.41, 5.74) is 8.70. The number of rotatable bonds is 1. The second-order valence-electron chi connectivity index (χ2n) is 3.70. The highest BCUT2D eigenvalue weighted by molar-refractivity contribution is 5.68. The van der Waals surface area contributed by atoms with Crippen LogP contribution in [0.1, 0.15) is 18.4 Å². The third kappa shape index (κ3) is 1.71. The zero-order valence-corrected chi connectivity index (χ0v) is 7.99. The average Bonchev–Trinajstić information content (AvgIpc) is 2.38. The monoisotopic (exact) mass is 190 g/mol. The van der Waals surface area contributed by atoms with Gasteiger partial charge in [-0.25, -0.2) is 0 Å². The van der Waals surface area contributed by atoms with Crippen molar-refractivity contribution in [3.05, 3.63) is 23.8 Å². The molecule has 1 aliphatic heterocycles. The lowest BCUT2D eigenvalue weighted by Crippen LogP contribution is -2.19. The summed E-state index contributed by atoms with van der Waals surface area (Å²) in [6, 6.07) is 5.78. The molecule has 0 fully saturated rings. The van der Waals surface area contributed by atoms with E-state index in [1.54, 1.807) is 0 Å². The Morgan fingerprint density at radius 2 is 2.36 bits per heavy atom. The molecule has 1 aliphatic rings. The zero-order valence-electron chi connectivity index (χ0n) is 7.99. The number of nitrogens with two attached hydrogens (primary N) is 1. The van der Waals surface area contributed by atoms with Crippen LogP contribution in [0, 0.1) is 0 Å². The number of aryl methyl sites for hydroxylation is 1. The Morgan fingerprint density at radius 1 is 1.50 bits per heavy atom. The second-order valence-corrected chi connectivity index (χ2v) is 3.70. The van der Waals surface area contributed by atoms with Crippen LogP contribution < -0.4 is 11.1 Å². The summed E-state index contributed by atoms with van der Waals surface area (Å²) in [6.45, 7) is 0. The maximum Gasteiger partial charge on any atom is 0.142 e. The van der Waals surface area contributed by atoms with Crippen molar-refractivity contribution >= 4 is 17.7 Å². The molecule has 0 saturated carbocycles. The molecule has 0 aliphatic carbocycles. The SMILES string of the molecule is Nc1ccc2c(c1)NC(C=O)CCC2. The average molecular weight is 190 g/mol. The molecular formula is C11H14N2O. The van der Waals surface area contributed by atoms with E-state index in [2.05, 4.69) is 5.32 Å². The van der Waals surface area contributed by atoms with Gasteiger partial charge in [0.2, 0.25) is 0 Å². The summed E-state index contributed by atoms with van der Waals surface area (Å²) in [5.74, 6) is 0. The quantitative estimate of drug-likeness (QED) is 0.522. The molecular weight excluding hydrogens is 176 g/mol. The van der Waals surface area contributed by atoms with Gasteiger partial charge in [-0.05, 0) is 37.0 Å². The van der Waals surface area contributed by atoms with Crippen LogP contribution in [0.3, 0.4) is 0 Å². The normalized spacial score (nSPS) is 20.4. The molecule has 1 aromatic rings. The Balaban J connectivity index is 2.33. The number of carbonyl (C=O) groups is 1. The summed E-state index contributed by atoms with van der Waals surface area (Å²) in [7, 11) is 0. The lowest BCUT2D eigenvalue weighted by molar-refractivity contribution is -0.108. The summed E-state index contributed by atoms with van der Waals surface area (Å²) in [4.78, 5) is 10.7. The van der Waals surface area contributed by atoms with Crippen LogP contribution in [0.15, 0.2) is 18.2 Å². The molecule has 1 atom stereocenters. The molecule has 3 heteroatoms. The first kappa shape index (κ1) is 9.06. The fourth-order valence-corrected chi connectivity index (χ4v) is 1.83. The highest BCUT2D eigenvalue weighted by atomic mass is 16.1. The predicted molar refractivity (Wildman–Crippen MR) is 57.3 cm³/mol. The Hall–Kier alpha value is -1.51. The van der Waals surface area contributed by atoms with E-state index in [1.807, 2.05) is 18.2 Å². The Bertz CT molecular complexity index is 349. The molecule has 0 aromatic heterocycles. The van der Waals surface area contributed by atoms with Crippen molar-refractivity contribution in [3.8, 4) is 0 Å². The summed E-state index contributed by atoms with van der Waals surface area (Å²) in [6.07, 6.45) is 3.94. The zero-order chi connectivity index (χ0) is 9.97.